The van der Waals surface area contributed by atoms with Crippen molar-refractivity contribution in [2.24, 2.45) is 0 Å². The normalized spacial score (nSPS) is 12.9. The second-order valence-corrected chi connectivity index (χ2v) is 22.4. The number of ether oxygens (including phenoxy) is 1. The minimum atomic E-state index is -0.853. The highest BCUT2D eigenvalue weighted by atomic mass is 16.5. The van der Waals surface area contributed by atoms with Crippen molar-refractivity contribution in [2.45, 2.75) is 360 Å². The van der Waals surface area contributed by atoms with Crippen molar-refractivity contribution in [3.63, 3.8) is 0 Å². The molecule has 0 radical (unpaired) electrons. The van der Waals surface area contributed by atoms with Crippen LogP contribution in [0.25, 0.3) is 0 Å². The summed E-state index contributed by atoms with van der Waals surface area (Å²) in [5.41, 5.74) is 0. The average molecular weight is 1040 g/mol. The van der Waals surface area contributed by atoms with Crippen LogP contribution in [0.3, 0.4) is 0 Å². The molecule has 434 valence electrons. The van der Waals surface area contributed by atoms with Crippen molar-refractivity contribution in [3.05, 3.63) is 48.6 Å². The third kappa shape index (κ3) is 59.1. The second kappa shape index (κ2) is 63.4. The van der Waals surface area contributed by atoms with Crippen LogP contribution in [0.15, 0.2) is 48.6 Å². The van der Waals surface area contributed by atoms with Crippen LogP contribution < -0.4 is 5.32 Å². The lowest BCUT2D eigenvalue weighted by atomic mass is 10.0. The molecule has 0 fully saturated rings. The molecule has 74 heavy (non-hydrogen) atoms. The van der Waals surface area contributed by atoms with E-state index in [1.807, 2.05) is 6.08 Å². The Bertz CT molecular complexity index is 1240. The van der Waals surface area contributed by atoms with E-state index < -0.39 is 12.1 Å². The van der Waals surface area contributed by atoms with Gasteiger partial charge in [0.15, 0.2) is 0 Å². The van der Waals surface area contributed by atoms with Gasteiger partial charge in [0.25, 0.3) is 0 Å². The Morgan fingerprint density at radius 2 is 0.689 bits per heavy atom. The number of amides is 1. The SMILES string of the molecule is CCCC/C=C\CCCCCCCC(=O)OCCCCCCCCCCC/C=C\C/C=C\CCCCCCCCCC(=O)NC(CO)C(O)/C=C/CCCCCCCCCCCCCCCCCCCCCCC. The van der Waals surface area contributed by atoms with Gasteiger partial charge in [-0.1, -0.05) is 300 Å². The number of carbonyl (C=O) groups excluding carboxylic acids is 2. The summed E-state index contributed by atoms with van der Waals surface area (Å²) in [6.07, 6.45) is 81.7. The first kappa shape index (κ1) is 71.8. The summed E-state index contributed by atoms with van der Waals surface area (Å²) < 4.78 is 5.45. The molecule has 0 aliphatic rings. The van der Waals surface area contributed by atoms with E-state index in [2.05, 4.69) is 55.6 Å². The maximum Gasteiger partial charge on any atom is 0.305 e. The Kier molecular flexibility index (Phi) is 61.5. The maximum absolute atomic E-state index is 12.5. The zero-order chi connectivity index (χ0) is 53.6. The number of aliphatic hydroxyl groups is 2. The van der Waals surface area contributed by atoms with Crippen LogP contribution in [0.2, 0.25) is 0 Å². The van der Waals surface area contributed by atoms with Gasteiger partial charge < -0.3 is 20.3 Å². The van der Waals surface area contributed by atoms with Gasteiger partial charge in [-0.3, -0.25) is 9.59 Å². The lowest BCUT2D eigenvalue weighted by molar-refractivity contribution is -0.143. The van der Waals surface area contributed by atoms with E-state index in [4.69, 9.17) is 4.74 Å². The summed E-state index contributed by atoms with van der Waals surface area (Å²) in [5, 5.41) is 23.2. The molecule has 0 saturated heterocycles. The molecule has 0 aliphatic heterocycles. The standard InChI is InChI=1S/C68H127NO5/c1-3-5-7-9-11-13-15-16-17-18-19-20-22-25-28-31-34-37-41-44-48-52-56-60-66(71)65(64-70)69-67(72)61-57-53-49-45-42-38-35-32-29-26-23-21-24-27-30-33-36-39-43-47-51-55-59-63-74-68(73)62-58-54-50-46-40-14-12-10-8-6-4-2/h10,12,21,24,26,29,56,60,65-66,70-71H,3-9,11,13-20,22-23,25,27-28,30-55,57-59,61-64H2,1-2H3,(H,69,72)/b12-10-,24-21-,29-26-,60-56+. The first-order valence-corrected chi connectivity index (χ1v) is 32.9. The quantitative estimate of drug-likeness (QED) is 0.0320. The van der Waals surface area contributed by atoms with E-state index >= 15 is 0 Å². The Balaban J connectivity index is 3.49. The number of carbonyl (C=O) groups is 2. The van der Waals surface area contributed by atoms with Crippen LogP contribution in [0.5, 0.6) is 0 Å². The Morgan fingerprint density at radius 1 is 0.378 bits per heavy atom. The summed E-state index contributed by atoms with van der Waals surface area (Å²) in [5.74, 6) is -0.0806. The predicted molar refractivity (Wildman–Crippen MR) is 324 cm³/mol. The molecule has 0 bridgehead atoms. The molecule has 6 nitrogen and oxygen atoms in total. The molecule has 2 unspecified atom stereocenters. The molecule has 0 heterocycles. The summed E-state index contributed by atoms with van der Waals surface area (Å²) in [6, 6.07) is -0.638. The summed E-state index contributed by atoms with van der Waals surface area (Å²) >= 11 is 0. The first-order valence-electron chi connectivity index (χ1n) is 32.9. The van der Waals surface area contributed by atoms with Crippen LogP contribution in [0.1, 0.15) is 348 Å². The Hall–Kier alpha value is -2.18. The molecule has 2 atom stereocenters. The molecule has 3 N–H and O–H groups in total. The van der Waals surface area contributed by atoms with Gasteiger partial charge in [-0.05, 0) is 83.5 Å². The molecule has 1 amide bonds. The minimum absolute atomic E-state index is 0.00468. The highest BCUT2D eigenvalue weighted by Gasteiger charge is 2.18. The van der Waals surface area contributed by atoms with Crippen LogP contribution in [0, 0.1) is 0 Å². The fourth-order valence-electron chi connectivity index (χ4n) is 10.00. The number of allylic oxidation sites excluding steroid dienone is 7. The summed E-state index contributed by atoms with van der Waals surface area (Å²) in [6.45, 7) is 4.87. The molecule has 0 aromatic rings. The predicted octanol–water partition coefficient (Wildman–Crippen LogP) is 20.9. The lowest BCUT2D eigenvalue weighted by Crippen LogP contribution is -2.45. The third-order valence-corrected chi connectivity index (χ3v) is 15.1. The Labute approximate surface area is 461 Å². The van der Waals surface area contributed by atoms with E-state index in [1.54, 1.807) is 6.08 Å². The van der Waals surface area contributed by atoms with Crippen molar-refractivity contribution >= 4 is 11.9 Å². The monoisotopic (exact) mass is 1040 g/mol. The molecular weight excluding hydrogens is 911 g/mol. The van der Waals surface area contributed by atoms with E-state index in [0.29, 0.717) is 19.4 Å². The fraction of sp³-hybridized carbons (Fsp3) is 0.853. The maximum atomic E-state index is 12.5. The smallest absolute Gasteiger partial charge is 0.305 e. The largest absolute Gasteiger partial charge is 0.466 e. The molecule has 0 rings (SSSR count). The zero-order valence-electron chi connectivity index (χ0n) is 49.6. The van der Waals surface area contributed by atoms with Gasteiger partial charge >= 0.3 is 5.97 Å². The molecule has 0 aromatic heterocycles. The van der Waals surface area contributed by atoms with Crippen molar-refractivity contribution in [1.82, 2.24) is 5.32 Å². The average Bonchev–Trinajstić information content (AvgIpc) is 3.40. The van der Waals surface area contributed by atoms with Gasteiger partial charge in [-0.25, -0.2) is 0 Å². The number of hydrogen-bond acceptors (Lipinski definition) is 5. The minimum Gasteiger partial charge on any atom is -0.466 e. The third-order valence-electron chi connectivity index (χ3n) is 15.1. The van der Waals surface area contributed by atoms with Crippen LogP contribution in [0.4, 0.5) is 0 Å². The van der Waals surface area contributed by atoms with Crippen LogP contribution in [-0.2, 0) is 14.3 Å². The molecule has 0 aliphatic carbocycles. The number of hydrogen-bond donors (Lipinski definition) is 3. The first-order chi connectivity index (χ1) is 36.5. The number of aliphatic hydroxyl groups excluding tert-OH is 2. The molecule has 6 heteroatoms. The van der Waals surface area contributed by atoms with Gasteiger partial charge in [0.05, 0.1) is 25.4 Å². The molecule has 0 saturated carbocycles. The van der Waals surface area contributed by atoms with E-state index in [1.165, 1.54) is 257 Å². The summed E-state index contributed by atoms with van der Waals surface area (Å²) in [4.78, 5) is 24.5. The van der Waals surface area contributed by atoms with E-state index in [9.17, 15) is 19.8 Å². The van der Waals surface area contributed by atoms with Gasteiger partial charge in [-0.2, -0.15) is 0 Å². The van der Waals surface area contributed by atoms with Crippen LogP contribution >= 0.6 is 0 Å². The fourth-order valence-corrected chi connectivity index (χ4v) is 10.00. The summed E-state index contributed by atoms with van der Waals surface area (Å²) in [7, 11) is 0. The highest BCUT2D eigenvalue weighted by Crippen LogP contribution is 2.17. The zero-order valence-corrected chi connectivity index (χ0v) is 49.6. The Morgan fingerprint density at radius 3 is 1.08 bits per heavy atom. The van der Waals surface area contributed by atoms with Crippen molar-refractivity contribution in [1.29, 1.82) is 0 Å². The van der Waals surface area contributed by atoms with E-state index in [-0.39, 0.29) is 18.5 Å². The highest BCUT2D eigenvalue weighted by molar-refractivity contribution is 5.76. The van der Waals surface area contributed by atoms with Gasteiger partial charge in [0.1, 0.15) is 0 Å². The topological polar surface area (TPSA) is 95.9 Å². The van der Waals surface area contributed by atoms with Crippen LogP contribution in [-0.4, -0.2) is 47.4 Å². The molecule has 0 spiro atoms. The number of esters is 1. The number of unbranched alkanes of at least 4 members (excludes halogenated alkanes) is 44. The van der Waals surface area contributed by atoms with Crippen molar-refractivity contribution in [2.75, 3.05) is 13.2 Å². The van der Waals surface area contributed by atoms with Gasteiger partial charge in [-0.15, -0.1) is 0 Å². The number of nitrogens with one attached hydrogen (secondary N) is 1. The van der Waals surface area contributed by atoms with Gasteiger partial charge in [0, 0.05) is 12.8 Å². The van der Waals surface area contributed by atoms with Crippen molar-refractivity contribution < 1.29 is 24.5 Å². The molecular formula is C68H127NO5. The van der Waals surface area contributed by atoms with E-state index in [0.717, 1.165) is 64.2 Å². The van der Waals surface area contributed by atoms with Crippen molar-refractivity contribution in [3.8, 4) is 0 Å². The number of rotatable bonds is 61. The lowest BCUT2D eigenvalue weighted by Gasteiger charge is -2.20. The van der Waals surface area contributed by atoms with Gasteiger partial charge in [0.2, 0.25) is 5.91 Å². The molecule has 0 aromatic carbocycles. The second-order valence-electron chi connectivity index (χ2n) is 22.4.